The van der Waals surface area contributed by atoms with Gasteiger partial charge in [0.05, 0.1) is 25.4 Å². The highest BCUT2D eigenvalue weighted by atomic mass is 16.5. The number of fused-ring (bicyclic) bond motifs is 3. The van der Waals surface area contributed by atoms with Gasteiger partial charge in [0.15, 0.2) is 0 Å². The van der Waals surface area contributed by atoms with E-state index in [1.807, 2.05) is 92.7 Å². The highest BCUT2D eigenvalue weighted by Crippen LogP contribution is 2.31. The van der Waals surface area contributed by atoms with Gasteiger partial charge in [0.2, 0.25) is 0 Å². The van der Waals surface area contributed by atoms with Gasteiger partial charge in [-0.3, -0.25) is 4.79 Å². The highest BCUT2D eigenvalue weighted by Gasteiger charge is 2.31. The van der Waals surface area contributed by atoms with Crippen molar-refractivity contribution in [1.29, 1.82) is 0 Å². The molecule has 7 heteroatoms. The molecule has 1 aliphatic rings. The van der Waals surface area contributed by atoms with Crippen molar-refractivity contribution in [1.82, 2.24) is 9.80 Å². The standard InChI is InChI=1S/C30H35N3O4/c1-21-17-33(22(2)19-34)29(35)27-16-10-9-15-26(27)25-14-8-7-11-23(25)20-37-28(21)18-32(3)30(36)31-24-12-5-4-6-13-24/h4-16,21-22,28,34H,17-20H2,1-3H3,(H,31,36)/t21-,22+,28+/m1/s1. The number of hydrogen-bond acceptors (Lipinski definition) is 4. The Morgan fingerprint density at radius 3 is 2.35 bits per heavy atom. The molecular weight excluding hydrogens is 466 g/mol. The Morgan fingerprint density at radius 2 is 1.65 bits per heavy atom. The fraction of sp³-hybridized carbons (Fsp3) is 0.333. The van der Waals surface area contributed by atoms with E-state index < -0.39 is 0 Å². The van der Waals surface area contributed by atoms with Crippen molar-refractivity contribution in [2.45, 2.75) is 32.6 Å². The number of carbonyl (C=O) groups excluding carboxylic acids is 2. The largest absolute Gasteiger partial charge is 0.394 e. The second kappa shape index (κ2) is 12.0. The molecule has 0 saturated heterocycles. The fourth-order valence-electron chi connectivity index (χ4n) is 4.64. The third-order valence-electron chi connectivity index (χ3n) is 6.92. The molecule has 1 aliphatic heterocycles. The lowest BCUT2D eigenvalue weighted by atomic mass is 9.94. The smallest absolute Gasteiger partial charge is 0.321 e. The maximum Gasteiger partial charge on any atom is 0.321 e. The Balaban J connectivity index is 1.66. The van der Waals surface area contributed by atoms with Crippen LogP contribution in [0.3, 0.4) is 0 Å². The summed E-state index contributed by atoms with van der Waals surface area (Å²) in [6.07, 6.45) is -0.345. The van der Waals surface area contributed by atoms with Gasteiger partial charge in [0.1, 0.15) is 0 Å². The number of aliphatic hydroxyl groups excluding tert-OH is 1. The summed E-state index contributed by atoms with van der Waals surface area (Å²) >= 11 is 0. The number of ether oxygens (including phenoxy) is 1. The van der Waals surface area contributed by atoms with E-state index in [0.717, 1.165) is 22.4 Å². The quantitative estimate of drug-likeness (QED) is 0.522. The van der Waals surface area contributed by atoms with Crippen LogP contribution in [0.15, 0.2) is 78.9 Å². The average molecular weight is 502 g/mol. The molecule has 4 rings (SSSR count). The van der Waals surface area contributed by atoms with E-state index in [-0.39, 0.29) is 36.6 Å². The Bertz CT molecular complexity index is 1220. The Hall–Kier alpha value is -3.68. The normalized spacial score (nSPS) is 18.7. The number of hydrogen-bond donors (Lipinski definition) is 2. The van der Waals surface area contributed by atoms with Crippen LogP contribution in [0.1, 0.15) is 29.8 Å². The molecule has 0 radical (unpaired) electrons. The molecule has 1 heterocycles. The first-order valence-electron chi connectivity index (χ1n) is 12.7. The summed E-state index contributed by atoms with van der Waals surface area (Å²) < 4.78 is 6.47. The van der Waals surface area contributed by atoms with E-state index >= 15 is 0 Å². The van der Waals surface area contributed by atoms with E-state index in [4.69, 9.17) is 4.74 Å². The molecule has 0 aliphatic carbocycles. The fourth-order valence-corrected chi connectivity index (χ4v) is 4.64. The van der Waals surface area contributed by atoms with Gasteiger partial charge < -0.3 is 25.0 Å². The molecule has 0 unspecified atom stereocenters. The molecule has 0 aromatic heterocycles. The van der Waals surface area contributed by atoms with Gasteiger partial charge in [0, 0.05) is 37.3 Å². The summed E-state index contributed by atoms with van der Waals surface area (Å²) in [6, 6.07) is 24.2. The minimum absolute atomic E-state index is 0.109. The van der Waals surface area contributed by atoms with Crippen LogP contribution in [0.4, 0.5) is 10.5 Å². The molecule has 0 fully saturated rings. The Morgan fingerprint density at radius 1 is 1.03 bits per heavy atom. The number of nitrogens with one attached hydrogen (secondary N) is 1. The van der Waals surface area contributed by atoms with Crippen molar-refractivity contribution >= 4 is 17.6 Å². The monoisotopic (exact) mass is 501 g/mol. The molecule has 0 bridgehead atoms. The lowest BCUT2D eigenvalue weighted by Crippen LogP contribution is -2.48. The van der Waals surface area contributed by atoms with Gasteiger partial charge in [-0.25, -0.2) is 4.79 Å². The van der Waals surface area contributed by atoms with Crippen LogP contribution >= 0.6 is 0 Å². The molecule has 3 atom stereocenters. The SMILES string of the molecule is C[C@@H]1CN([C@@H](C)CO)C(=O)c2ccccc2-c2ccccc2CO[C@H]1CN(C)C(=O)Nc1ccccc1. The van der Waals surface area contributed by atoms with Crippen molar-refractivity contribution in [2.24, 2.45) is 5.92 Å². The molecule has 194 valence electrons. The zero-order valence-corrected chi connectivity index (χ0v) is 21.6. The van der Waals surface area contributed by atoms with E-state index in [2.05, 4.69) is 5.32 Å². The lowest BCUT2D eigenvalue weighted by molar-refractivity contribution is -0.0178. The van der Waals surface area contributed by atoms with Gasteiger partial charge in [0.25, 0.3) is 5.91 Å². The van der Waals surface area contributed by atoms with E-state index in [1.165, 1.54) is 0 Å². The van der Waals surface area contributed by atoms with Crippen molar-refractivity contribution in [3.05, 3.63) is 90.0 Å². The zero-order valence-electron chi connectivity index (χ0n) is 21.6. The summed E-state index contributed by atoms with van der Waals surface area (Å²) in [5.74, 6) is -0.239. The maximum atomic E-state index is 13.9. The first-order valence-corrected chi connectivity index (χ1v) is 12.7. The number of carbonyl (C=O) groups is 2. The van der Waals surface area contributed by atoms with E-state index in [1.54, 1.807) is 16.8 Å². The van der Waals surface area contributed by atoms with Crippen LogP contribution in [-0.4, -0.2) is 65.7 Å². The molecule has 2 N–H and O–H groups in total. The predicted octanol–water partition coefficient (Wildman–Crippen LogP) is 4.88. The van der Waals surface area contributed by atoms with Crippen molar-refractivity contribution in [3.63, 3.8) is 0 Å². The molecule has 0 saturated carbocycles. The molecule has 3 amide bonds. The highest BCUT2D eigenvalue weighted by molar-refractivity contribution is 6.01. The summed E-state index contributed by atoms with van der Waals surface area (Å²) in [5, 5.41) is 12.9. The second-order valence-electron chi connectivity index (χ2n) is 9.70. The van der Waals surface area contributed by atoms with Gasteiger partial charge in [-0.1, -0.05) is 67.6 Å². The minimum Gasteiger partial charge on any atom is -0.394 e. The third kappa shape index (κ3) is 6.18. The summed E-state index contributed by atoms with van der Waals surface area (Å²) in [7, 11) is 1.74. The van der Waals surface area contributed by atoms with Gasteiger partial charge in [-0.2, -0.15) is 0 Å². The number of urea groups is 1. The number of aliphatic hydroxyl groups is 1. The Labute approximate surface area is 218 Å². The van der Waals surface area contributed by atoms with Crippen LogP contribution < -0.4 is 5.32 Å². The molecule has 3 aromatic carbocycles. The average Bonchev–Trinajstić information content (AvgIpc) is 2.94. The number of amides is 3. The summed E-state index contributed by atoms with van der Waals surface area (Å²) in [5.41, 5.74) is 4.06. The Kier molecular flexibility index (Phi) is 8.58. The van der Waals surface area contributed by atoms with Crippen molar-refractivity contribution in [2.75, 3.05) is 32.1 Å². The number of para-hydroxylation sites is 1. The summed E-state index contributed by atoms with van der Waals surface area (Å²) in [6.45, 7) is 4.78. The maximum absolute atomic E-state index is 13.9. The van der Waals surface area contributed by atoms with Crippen LogP contribution in [0.2, 0.25) is 0 Å². The van der Waals surface area contributed by atoms with E-state index in [0.29, 0.717) is 25.3 Å². The predicted molar refractivity (Wildman–Crippen MR) is 145 cm³/mol. The van der Waals surface area contributed by atoms with Crippen molar-refractivity contribution in [3.8, 4) is 11.1 Å². The lowest BCUT2D eigenvalue weighted by Gasteiger charge is -2.35. The topological polar surface area (TPSA) is 82.1 Å². The van der Waals surface area contributed by atoms with Gasteiger partial charge in [-0.05, 0) is 41.8 Å². The number of likely N-dealkylation sites (N-methyl/N-ethyl adjacent to an activating group) is 1. The molecule has 7 nitrogen and oxygen atoms in total. The summed E-state index contributed by atoms with van der Waals surface area (Å²) in [4.78, 5) is 30.1. The molecule has 0 spiro atoms. The molecule has 3 aromatic rings. The van der Waals surface area contributed by atoms with Crippen LogP contribution in [-0.2, 0) is 11.3 Å². The minimum atomic E-state index is -0.376. The van der Waals surface area contributed by atoms with Crippen molar-refractivity contribution < 1.29 is 19.4 Å². The van der Waals surface area contributed by atoms with Gasteiger partial charge >= 0.3 is 6.03 Å². The van der Waals surface area contributed by atoms with Crippen LogP contribution in [0.25, 0.3) is 11.1 Å². The number of rotatable bonds is 5. The van der Waals surface area contributed by atoms with Crippen LogP contribution in [0, 0.1) is 5.92 Å². The number of benzene rings is 3. The van der Waals surface area contributed by atoms with E-state index in [9.17, 15) is 14.7 Å². The number of anilines is 1. The zero-order chi connectivity index (χ0) is 26.4. The van der Waals surface area contributed by atoms with Crippen LogP contribution in [0.5, 0.6) is 0 Å². The third-order valence-corrected chi connectivity index (χ3v) is 6.92. The molecular formula is C30H35N3O4. The molecule has 37 heavy (non-hydrogen) atoms. The first-order chi connectivity index (χ1) is 17.9. The number of nitrogens with zero attached hydrogens (tertiary/aromatic N) is 2. The van der Waals surface area contributed by atoms with Gasteiger partial charge in [-0.15, -0.1) is 0 Å². The first kappa shape index (κ1) is 26.4. The second-order valence-corrected chi connectivity index (χ2v) is 9.70.